The van der Waals surface area contributed by atoms with Gasteiger partial charge < -0.3 is 20.2 Å². The van der Waals surface area contributed by atoms with Crippen LogP contribution in [0.1, 0.15) is 52.4 Å². The Morgan fingerprint density at radius 1 is 1.36 bits per heavy atom. The van der Waals surface area contributed by atoms with Crippen LogP contribution in [0.3, 0.4) is 0 Å². The molecule has 6 nitrogen and oxygen atoms in total. The molecule has 0 bridgehead atoms. The predicted molar refractivity (Wildman–Crippen MR) is 93.8 cm³/mol. The monoisotopic (exact) mass is 351 g/mol. The van der Waals surface area contributed by atoms with E-state index in [-0.39, 0.29) is 17.8 Å². The van der Waals surface area contributed by atoms with E-state index in [0.29, 0.717) is 25.2 Å². The molecule has 5 unspecified atom stereocenters. The Kier molecular flexibility index (Phi) is 7.27. The minimum Gasteiger partial charge on any atom is -0.479 e. The van der Waals surface area contributed by atoms with Gasteiger partial charge in [-0.3, -0.25) is 0 Å². The maximum atomic E-state index is 10.4. The molecule has 0 aromatic rings. The average molecular weight is 351 g/mol. The van der Waals surface area contributed by atoms with Gasteiger partial charge in [0.05, 0.1) is 17.7 Å². The molecule has 5 atom stereocenters. The minimum absolute atomic E-state index is 0.116. The number of hydrogen-bond acceptors (Lipinski definition) is 5. The number of aliphatic hydroxyl groups is 2. The lowest BCUT2D eigenvalue weighted by molar-refractivity contribution is -0.142. The Morgan fingerprint density at radius 2 is 2.08 bits per heavy atom. The number of aliphatic hydroxyl groups excluding tert-OH is 2. The van der Waals surface area contributed by atoms with Gasteiger partial charge >= 0.3 is 5.97 Å². The van der Waals surface area contributed by atoms with Gasteiger partial charge in [0.2, 0.25) is 6.61 Å². The summed E-state index contributed by atoms with van der Waals surface area (Å²) in [6.45, 7) is 3.88. The molecule has 0 spiro atoms. The maximum Gasteiger partial charge on any atom is 0.344 e. The maximum absolute atomic E-state index is 10.4. The molecule has 0 aromatic heterocycles. The zero-order chi connectivity index (χ0) is 18.4. The number of carbonyl (C=O) groups is 1. The van der Waals surface area contributed by atoms with Gasteiger partial charge in [-0.2, -0.15) is 0 Å². The summed E-state index contributed by atoms with van der Waals surface area (Å²) in [4.78, 5) is 15.2. The third kappa shape index (κ3) is 5.20. The number of carboxylic acid groups (broad SMARTS) is 1. The van der Waals surface area contributed by atoms with Crippen molar-refractivity contribution in [3.63, 3.8) is 0 Å². The van der Waals surface area contributed by atoms with Gasteiger partial charge in [-0.25, -0.2) is 4.79 Å². The second-order valence-corrected chi connectivity index (χ2v) is 7.12. The number of carboxylic acids is 1. The molecule has 0 radical (unpaired) electrons. The lowest BCUT2D eigenvalue weighted by Crippen LogP contribution is -2.36. The fourth-order valence-electron chi connectivity index (χ4n) is 3.84. The molecular weight excluding hydrogens is 322 g/mol. The van der Waals surface area contributed by atoms with Gasteiger partial charge in [0.25, 0.3) is 0 Å². The second kappa shape index (κ2) is 9.21. The van der Waals surface area contributed by atoms with Crippen molar-refractivity contribution in [1.29, 1.82) is 0 Å². The van der Waals surface area contributed by atoms with Crippen LogP contribution in [0.2, 0.25) is 0 Å². The molecule has 0 amide bonds. The summed E-state index contributed by atoms with van der Waals surface area (Å²) in [6, 6.07) is 0. The largest absolute Gasteiger partial charge is 0.479 e. The molecule has 2 aliphatic carbocycles. The van der Waals surface area contributed by atoms with E-state index < -0.39 is 24.8 Å². The van der Waals surface area contributed by atoms with Crippen molar-refractivity contribution in [1.82, 2.24) is 0 Å². The first-order valence-electron chi connectivity index (χ1n) is 9.23. The Hall–Kier alpha value is -1.58. The Balaban J connectivity index is 1.83. The lowest BCUT2D eigenvalue weighted by Gasteiger charge is -2.33. The Morgan fingerprint density at radius 3 is 2.72 bits per heavy atom. The summed E-state index contributed by atoms with van der Waals surface area (Å²) < 4.78 is 0. The summed E-state index contributed by atoms with van der Waals surface area (Å²) in [5, 5.41) is 32.7. The highest BCUT2D eigenvalue weighted by Gasteiger charge is 2.51. The van der Waals surface area contributed by atoms with Crippen LogP contribution < -0.4 is 0 Å². The van der Waals surface area contributed by atoms with Gasteiger partial charge in [-0.1, -0.05) is 43.7 Å². The van der Waals surface area contributed by atoms with E-state index in [1.165, 1.54) is 0 Å². The van der Waals surface area contributed by atoms with Gasteiger partial charge in [0.15, 0.2) is 0 Å². The Labute approximate surface area is 149 Å². The molecule has 0 aliphatic heterocycles. The topological polar surface area (TPSA) is 99.4 Å². The third-order valence-electron chi connectivity index (χ3n) is 5.55. The molecule has 2 aliphatic rings. The van der Waals surface area contributed by atoms with Crippen molar-refractivity contribution in [2.75, 3.05) is 6.61 Å². The normalized spacial score (nSPS) is 30.4. The summed E-state index contributed by atoms with van der Waals surface area (Å²) >= 11 is 0. The third-order valence-corrected chi connectivity index (χ3v) is 5.55. The van der Waals surface area contributed by atoms with Crippen molar-refractivity contribution < 1.29 is 25.0 Å². The van der Waals surface area contributed by atoms with Crippen molar-refractivity contribution in [3.05, 3.63) is 0 Å². The first kappa shape index (κ1) is 19.7. The van der Waals surface area contributed by atoms with Crippen LogP contribution in [0, 0.1) is 35.5 Å². The van der Waals surface area contributed by atoms with Crippen molar-refractivity contribution in [2.24, 2.45) is 28.8 Å². The molecule has 0 saturated heterocycles. The fraction of sp³-hybridized carbons (Fsp3) is 0.789. The summed E-state index contributed by atoms with van der Waals surface area (Å²) in [7, 11) is 0. The number of hydrogen-bond donors (Lipinski definition) is 3. The van der Waals surface area contributed by atoms with Crippen LogP contribution in [-0.2, 0) is 9.63 Å². The van der Waals surface area contributed by atoms with E-state index in [2.05, 4.69) is 30.8 Å². The molecule has 140 valence electrons. The van der Waals surface area contributed by atoms with Crippen LogP contribution in [0.15, 0.2) is 5.16 Å². The number of fused-ring (bicyclic) bond motifs is 1. The highest BCUT2D eigenvalue weighted by atomic mass is 16.6. The van der Waals surface area contributed by atoms with Crippen LogP contribution in [0.25, 0.3) is 0 Å². The molecule has 2 rings (SSSR count). The minimum atomic E-state index is -1.06. The standard InChI is InChI=1S/C19H29NO5/c1-3-12(4-2)5-6-13(21)7-8-14-15-9-17(16(15)10-18(14)22)20-25-11-19(23)24/h12-16,18,21-22H,3-6,9-11H2,1-2H3,(H,23,24)/b20-17-. The van der Waals surface area contributed by atoms with E-state index in [0.717, 1.165) is 25.0 Å². The van der Waals surface area contributed by atoms with E-state index in [9.17, 15) is 15.0 Å². The molecule has 0 heterocycles. The number of oxime groups is 1. The van der Waals surface area contributed by atoms with Gasteiger partial charge in [0.1, 0.15) is 6.10 Å². The average Bonchev–Trinajstić information content (AvgIpc) is 2.81. The first-order valence-corrected chi connectivity index (χ1v) is 9.23. The van der Waals surface area contributed by atoms with Crippen molar-refractivity contribution >= 4 is 11.7 Å². The number of rotatable bonds is 8. The number of nitrogens with zero attached hydrogens (tertiary/aromatic N) is 1. The summed E-state index contributed by atoms with van der Waals surface area (Å²) in [5.41, 5.74) is 0.809. The van der Waals surface area contributed by atoms with Crippen LogP contribution in [-0.4, -0.2) is 45.8 Å². The molecule has 6 heteroatoms. The molecule has 2 fully saturated rings. The molecule has 3 N–H and O–H groups in total. The van der Waals surface area contributed by atoms with Crippen LogP contribution in [0.4, 0.5) is 0 Å². The van der Waals surface area contributed by atoms with Gasteiger partial charge in [-0.05, 0) is 37.5 Å². The van der Waals surface area contributed by atoms with Crippen LogP contribution >= 0.6 is 0 Å². The molecule has 25 heavy (non-hydrogen) atoms. The molecular formula is C19H29NO5. The smallest absolute Gasteiger partial charge is 0.344 e. The summed E-state index contributed by atoms with van der Waals surface area (Å²) in [5.74, 6) is 5.76. The first-order chi connectivity index (χ1) is 12.0. The SMILES string of the molecule is CCC(CC)CCC(O)C#CC1C(O)CC2/C(=N\OCC(=O)O)CC21. The van der Waals surface area contributed by atoms with Gasteiger partial charge in [0, 0.05) is 5.92 Å². The molecule has 0 aromatic carbocycles. The highest BCUT2D eigenvalue weighted by molar-refractivity contribution is 5.93. The molecule has 2 saturated carbocycles. The van der Waals surface area contributed by atoms with Gasteiger partial charge in [-0.15, -0.1) is 0 Å². The Bertz CT molecular complexity index is 546. The predicted octanol–water partition coefficient (Wildman–Crippen LogP) is 2.04. The van der Waals surface area contributed by atoms with E-state index >= 15 is 0 Å². The lowest BCUT2D eigenvalue weighted by atomic mass is 9.71. The summed E-state index contributed by atoms with van der Waals surface area (Å²) in [6.07, 6.45) is 3.96. The zero-order valence-corrected chi connectivity index (χ0v) is 15.0. The van der Waals surface area contributed by atoms with E-state index in [1.54, 1.807) is 0 Å². The van der Waals surface area contributed by atoms with E-state index in [4.69, 9.17) is 9.94 Å². The highest BCUT2D eigenvalue weighted by Crippen LogP contribution is 2.48. The van der Waals surface area contributed by atoms with Crippen molar-refractivity contribution in [2.45, 2.75) is 64.6 Å². The van der Waals surface area contributed by atoms with E-state index in [1.807, 2.05) is 0 Å². The quantitative estimate of drug-likeness (QED) is 0.459. The second-order valence-electron chi connectivity index (χ2n) is 7.12. The number of aliphatic carboxylic acids is 1. The van der Waals surface area contributed by atoms with Crippen LogP contribution in [0.5, 0.6) is 0 Å². The zero-order valence-electron chi connectivity index (χ0n) is 15.0. The fourth-order valence-corrected chi connectivity index (χ4v) is 3.84. The van der Waals surface area contributed by atoms with Crippen molar-refractivity contribution in [3.8, 4) is 11.8 Å².